The van der Waals surface area contributed by atoms with Crippen LogP contribution < -0.4 is 5.32 Å². The van der Waals surface area contributed by atoms with Crippen molar-refractivity contribution in [3.05, 3.63) is 89.0 Å². The molecule has 0 heterocycles. The number of amides is 1. The van der Waals surface area contributed by atoms with Gasteiger partial charge in [-0.1, -0.05) is 54.6 Å². The lowest BCUT2D eigenvalue weighted by atomic mass is 9.98. The molecule has 0 atom stereocenters. The van der Waals surface area contributed by atoms with Gasteiger partial charge in [-0.05, 0) is 46.9 Å². The fourth-order valence-corrected chi connectivity index (χ4v) is 3.60. The third-order valence-corrected chi connectivity index (χ3v) is 4.88. The van der Waals surface area contributed by atoms with Crippen molar-refractivity contribution in [3.63, 3.8) is 0 Å². The van der Waals surface area contributed by atoms with Gasteiger partial charge in [-0.3, -0.25) is 5.32 Å². The minimum atomic E-state index is -0.558. The normalized spacial score (nSPS) is 12.0. The SMILES string of the molecule is Cc1ccc(NC(=O)OCC2c3ccccc3-c3ccccc32)c(C#N)c1. The van der Waals surface area contributed by atoms with Crippen LogP contribution in [0.3, 0.4) is 0 Å². The number of benzene rings is 3. The molecule has 4 rings (SSSR count). The molecule has 0 bridgehead atoms. The summed E-state index contributed by atoms with van der Waals surface area (Å²) in [7, 11) is 0. The number of ether oxygens (including phenoxy) is 1. The van der Waals surface area contributed by atoms with E-state index in [1.807, 2.05) is 37.3 Å². The van der Waals surface area contributed by atoms with E-state index in [4.69, 9.17) is 4.74 Å². The molecule has 0 saturated carbocycles. The third-order valence-electron chi connectivity index (χ3n) is 4.88. The second kappa shape index (κ2) is 6.97. The second-order valence-electron chi connectivity index (χ2n) is 6.61. The van der Waals surface area contributed by atoms with Crippen LogP contribution in [0.2, 0.25) is 0 Å². The Balaban J connectivity index is 1.51. The van der Waals surface area contributed by atoms with Crippen LogP contribution >= 0.6 is 0 Å². The first kappa shape index (κ1) is 16.9. The number of aryl methyl sites for hydroxylation is 1. The maximum Gasteiger partial charge on any atom is 0.411 e. The molecule has 1 amide bonds. The summed E-state index contributed by atoms with van der Waals surface area (Å²) in [5, 5.41) is 11.9. The summed E-state index contributed by atoms with van der Waals surface area (Å²) >= 11 is 0. The number of anilines is 1. The fourth-order valence-electron chi connectivity index (χ4n) is 3.60. The van der Waals surface area contributed by atoms with Crippen molar-refractivity contribution < 1.29 is 9.53 Å². The Morgan fingerprint density at radius 2 is 1.67 bits per heavy atom. The number of hydrogen-bond donors (Lipinski definition) is 1. The van der Waals surface area contributed by atoms with Crippen molar-refractivity contribution in [1.29, 1.82) is 5.26 Å². The first-order valence-corrected chi connectivity index (χ1v) is 8.80. The highest BCUT2D eigenvalue weighted by Crippen LogP contribution is 2.44. The number of nitrogens with one attached hydrogen (secondary N) is 1. The van der Waals surface area contributed by atoms with Crippen LogP contribution in [0.5, 0.6) is 0 Å². The van der Waals surface area contributed by atoms with Gasteiger partial charge >= 0.3 is 6.09 Å². The summed E-state index contributed by atoms with van der Waals surface area (Å²) in [5.41, 5.74) is 6.55. The molecule has 27 heavy (non-hydrogen) atoms. The maximum atomic E-state index is 12.3. The minimum absolute atomic E-state index is 0.0107. The second-order valence-corrected chi connectivity index (χ2v) is 6.61. The molecule has 0 fully saturated rings. The molecule has 0 aliphatic heterocycles. The number of carbonyl (C=O) groups excluding carboxylic acids is 1. The number of carbonyl (C=O) groups is 1. The first-order valence-electron chi connectivity index (χ1n) is 8.80. The molecule has 0 unspecified atom stereocenters. The molecule has 3 aromatic rings. The van der Waals surface area contributed by atoms with Gasteiger partial charge in [0.15, 0.2) is 0 Å². The fraction of sp³-hybridized carbons (Fsp3) is 0.130. The van der Waals surface area contributed by atoms with Crippen LogP contribution in [0, 0.1) is 18.3 Å². The van der Waals surface area contributed by atoms with Crippen molar-refractivity contribution >= 4 is 11.8 Å². The van der Waals surface area contributed by atoms with Crippen LogP contribution in [0.25, 0.3) is 11.1 Å². The molecular weight excluding hydrogens is 336 g/mol. The lowest BCUT2D eigenvalue weighted by Crippen LogP contribution is -2.18. The van der Waals surface area contributed by atoms with E-state index in [2.05, 4.69) is 35.7 Å². The number of nitrogens with zero attached hydrogens (tertiary/aromatic N) is 1. The third kappa shape index (κ3) is 3.16. The monoisotopic (exact) mass is 354 g/mol. The van der Waals surface area contributed by atoms with Crippen molar-refractivity contribution in [1.82, 2.24) is 0 Å². The van der Waals surface area contributed by atoms with Crippen LogP contribution in [0.1, 0.15) is 28.2 Å². The van der Waals surface area contributed by atoms with Gasteiger partial charge in [-0.15, -0.1) is 0 Å². The minimum Gasteiger partial charge on any atom is -0.448 e. The molecule has 4 heteroatoms. The average molecular weight is 354 g/mol. The highest BCUT2D eigenvalue weighted by molar-refractivity contribution is 5.87. The van der Waals surface area contributed by atoms with Crippen molar-refractivity contribution in [2.75, 3.05) is 11.9 Å². The number of fused-ring (bicyclic) bond motifs is 3. The van der Waals surface area contributed by atoms with Gasteiger partial charge in [0.2, 0.25) is 0 Å². The predicted molar refractivity (Wildman–Crippen MR) is 105 cm³/mol. The van der Waals surface area contributed by atoms with Gasteiger partial charge < -0.3 is 4.74 Å². The highest BCUT2D eigenvalue weighted by atomic mass is 16.5. The summed E-state index contributed by atoms with van der Waals surface area (Å²) in [4.78, 5) is 12.3. The molecule has 3 aromatic carbocycles. The van der Waals surface area contributed by atoms with Gasteiger partial charge in [0.25, 0.3) is 0 Å². The zero-order valence-electron chi connectivity index (χ0n) is 14.9. The summed E-state index contributed by atoms with van der Waals surface area (Å²) in [6, 6.07) is 23.8. The number of rotatable bonds is 3. The lowest BCUT2D eigenvalue weighted by molar-refractivity contribution is 0.158. The van der Waals surface area contributed by atoms with Crippen LogP contribution in [-0.2, 0) is 4.74 Å². The highest BCUT2D eigenvalue weighted by Gasteiger charge is 2.29. The molecule has 1 N–H and O–H groups in total. The van der Waals surface area contributed by atoms with Gasteiger partial charge in [0.05, 0.1) is 11.3 Å². The molecular formula is C23H18N2O2. The quantitative estimate of drug-likeness (QED) is 0.701. The van der Waals surface area contributed by atoms with Crippen LogP contribution in [-0.4, -0.2) is 12.7 Å². The van der Waals surface area contributed by atoms with Crippen molar-refractivity contribution in [2.24, 2.45) is 0 Å². The summed E-state index contributed by atoms with van der Waals surface area (Å²) in [6.45, 7) is 2.14. The van der Waals surface area contributed by atoms with E-state index in [0.29, 0.717) is 11.3 Å². The van der Waals surface area contributed by atoms with E-state index in [0.717, 1.165) is 5.56 Å². The lowest BCUT2D eigenvalue weighted by Gasteiger charge is -2.15. The maximum absolute atomic E-state index is 12.3. The van der Waals surface area contributed by atoms with Gasteiger partial charge in [0.1, 0.15) is 12.7 Å². The first-order chi connectivity index (χ1) is 13.2. The summed E-state index contributed by atoms with van der Waals surface area (Å²) in [5.74, 6) is 0.0107. The number of hydrogen-bond acceptors (Lipinski definition) is 3. The molecule has 0 aromatic heterocycles. The Labute approximate surface area is 158 Å². The van der Waals surface area contributed by atoms with Crippen LogP contribution in [0.15, 0.2) is 66.7 Å². The van der Waals surface area contributed by atoms with Crippen molar-refractivity contribution in [3.8, 4) is 17.2 Å². The molecule has 1 aliphatic carbocycles. The molecule has 0 saturated heterocycles. The standard InChI is InChI=1S/C23H18N2O2/c1-15-10-11-22(16(12-15)13-24)25-23(26)27-14-21-19-8-4-2-6-17(19)18-7-3-5-9-20(18)21/h2-12,21H,14H2,1H3,(H,25,26). The Hall–Kier alpha value is -3.58. The summed E-state index contributed by atoms with van der Waals surface area (Å²) in [6.07, 6.45) is -0.558. The smallest absolute Gasteiger partial charge is 0.411 e. The van der Waals surface area contributed by atoms with Crippen molar-refractivity contribution in [2.45, 2.75) is 12.8 Å². The van der Waals surface area contributed by atoms with E-state index in [-0.39, 0.29) is 12.5 Å². The Bertz CT molecular complexity index is 1020. The van der Waals surface area contributed by atoms with E-state index < -0.39 is 6.09 Å². The van der Waals surface area contributed by atoms with Crippen LogP contribution in [0.4, 0.5) is 10.5 Å². The zero-order valence-corrected chi connectivity index (χ0v) is 14.9. The van der Waals surface area contributed by atoms with E-state index in [1.54, 1.807) is 12.1 Å². The van der Waals surface area contributed by atoms with E-state index in [1.165, 1.54) is 22.3 Å². The van der Waals surface area contributed by atoms with E-state index in [9.17, 15) is 10.1 Å². The van der Waals surface area contributed by atoms with Gasteiger partial charge in [0, 0.05) is 5.92 Å². The predicted octanol–water partition coefficient (Wildman–Crippen LogP) is 5.23. The summed E-state index contributed by atoms with van der Waals surface area (Å²) < 4.78 is 5.51. The van der Waals surface area contributed by atoms with E-state index >= 15 is 0 Å². The molecule has 0 spiro atoms. The molecule has 132 valence electrons. The molecule has 1 aliphatic rings. The van der Waals surface area contributed by atoms with Gasteiger partial charge in [-0.2, -0.15) is 5.26 Å². The Morgan fingerprint density at radius 3 is 2.30 bits per heavy atom. The molecule has 4 nitrogen and oxygen atoms in total. The largest absolute Gasteiger partial charge is 0.448 e. The Morgan fingerprint density at radius 1 is 1.04 bits per heavy atom. The Kier molecular flexibility index (Phi) is 4.35. The zero-order chi connectivity index (χ0) is 18.8. The molecule has 0 radical (unpaired) electrons. The topological polar surface area (TPSA) is 62.1 Å². The number of nitriles is 1. The average Bonchev–Trinajstić information content (AvgIpc) is 3.01. The van der Waals surface area contributed by atoms with Gasteiger partial charge in [-0.25, -0.2) is 4.79 Å².